The number of hydrogen-bond acceptors (Lipinski definition) is 2. The highest BCUT2D eigenvalue weighted by Crippen LogP contribution is 2.24. The summed E-state index contributed by atoms with van der Waals surface area (Å²) in [6.07, 6.45) is 0. The van der Waals surface area contributed by atoms with Crippen molar-refractivity contribution in [1.82, 2.24) is 5.32 Å². The summed E-state index contributed by atoms with van der Waals surface area (Å²) in [6, 6.07) is 15.2. The SMILES string of the molecule is CNC(COCC(C)C)c1cccc2ccccc12. The molecule has 2 nitrogen and oxygen atoms in total. The lowest BCUT2D eigenvalue weighted by Gasteiger charge is -2.19. The van der Waals surface area contributed by atoms with Gasteiger partial charge in [-0.3, -0.25) is 0 Å². The van der Waals surface area contributed by atoms with E-state index in [4.69, 9.17) is 4.74 Å². The molecule has 0 saturated heterocycles. The van der Waals surface area contributed by atoms with Crippen LogP contribution in [-0.4, -0.2) is 20.3 Å². The van der Waals surface area contributed by atoms with E-state index in [1.807, 2.05) is 7.05 Å². The second-order valence-corrected chi connectivity index (χ2v) is 5.34. The summed E-state index contributed by atoms with van der Waals surface area (Å²) in [5, 5.41) is 5.94. The Bertz CT molecular complexity index is 516. The number of fused-ring (bicyclic) bond motifs is 1. The van der Waals surface area contributed by atoms with E-state index in [2.05, 4.69) is 61.6 Å². The molecule has 0 aromatic heterocycles. The van der Waals surface area contributed by atoms with Gasteiger partial charge in [-0.15, -0.1) is 0 Å². The predicted octanol–water partition coefficient (Wildman–Crippen LogP) is 3.77. The largest absolute Gasteiger partial charge is 0.379 e. The van der Waals surface area contributed by atoms with Crippen LogP contribution in [0.1, 0.15) is 25.5 Å². The first-order chi connectivity index (χ1) is 9.22. The van der Waals surface area contributed by atoms with Gasteiger partial charge in [0.2, 0.25) is 0 Å². The summed E-state index contributed by atoms with van der Waals surface area (Å²) in [6.45, 7) is 5.87. The first-order valence-corrected chi connectivity index (χ1v) is 6.95. The number of ether oxygens (including phenoxy) is 1. The average molecular weight is 257 g/mol. The molecular formula is C17H23NO. The summed E-state index contributed by atoms with van der Waals surface area (Å²) in [5.41, 5.74) is 1.31. The second-order valence-electron chi connectivity index (χ2n) is 5.34. The zero-order valence-electron chi connectivity index (χ0n) is 12.0. The van der Waals surface area contributed by atoms with Crippen LogP contribution in [0.4, 0.5) is 0 Å². The first-order valence-electron chi connectivity index (χ1n) is 6.95. The van der Waals surface area contributed by atoms with Gasteiger partial charge in [-0.25, -0.2) is 0 Å². The van der Waals surface area contributed by atoms with Gasteiger partial charge in [0, 0.05) is 6.61 Å². The monoisotopic (exact) mass is 257 g/mol. The maximum atomic E-state index is 5.79. The van der Waals surface area contributed by atoms with Gasteiger partial charge in [0.05, 0.1) is 12.6 Å². The molecule has 0 spiro atoms. The number of rotatable bonds is 6. The van der Waals surface area contributed by atoms with Gasteiger partial charge in [-0.05, 0) is 29.3 Å². The smallest absolute Gasteiger partial charge is 0.0661 e. The lowest BCUT2D eigenvalue weighted by Crippen LogP contribution is -2.23. The van der Waals surface area contributed by atoms with Crippen molar-refractivity contribution >= 4 is 10.8 Å². The highest BCUT2D eigenvalue weighted by molar-refractivity contribution is 5.86. The molecule has 1 atom stereocenters. The topological polar surface area (TPSA) is 21.3 Å². The Morgan fingerprint density at radius 2 is 1.74 bits per heavy atom. The van der Waals surface area contributed by atoms with Crippen molar-refractivity contribution in [2.24, 2.45) is 5.92 Å². The maximum Gasteiger partial charge on any atom is 0.0661 e. The summed E-state index contributed by atoms with van der Waals surface area (Å²) in [5.74, 6) is 0.574. The molecule has 2 rings (SSSR count). The van der Waals surface area contributed by atoms with Gasteiger partial charge in [0.25, 0.3) is 0 Å². The minimum absolute atomic E-state index is 0.241. The molecule has 0 aliphatic heterocycles. The molecule has 0 radical (unpaired) electrons. The van der Waals surface area contributed by atoms with Crippen molar-refractivity contribution < 1.29 is 4.74 Å². The summed E-state index contributed by atoms with van der Waals surface area (Å²) >= 11 is 0. The Morgan fingerprint density at radius 3 is 2.47 bits per heavy atom. The van der Waals surface area contributed by atoms with E-state index in [9.17, 15) is 0 Å². The lowest BCUT2D eigenvalue weighted by atomic mass is 9.99. The Balaban J connectivity index is 2.20. The number of nitrogens with one attached hydrogen (secondary N) is 1. The van der Waals surface area contributed by atoms with Gasteiger partial charge < -0.3 is 10.1 Å². The van der Waals surface area contributed by atoms with E-state index < -0.39 is 0 Å². The van der Waals surface area contributed by atoms with Crippen molar-refractivity contribution in [2.45, 2.75) is 19.9 Å². The normalized spacial score (nSPS) is 13.1. The predicted molar refractivity (Wildman–Crippen MR) is 81.4 cm³/mol. The van der Waals surface area contributed by atoms with Crippen LogP contribution in [0.3, 0.4) is 0 Å². The molecular weight excluding hydrogens is 234 g/mol. The highest BCUT2D eigenvalue weighted by Gasteiger charge is 2.12. The molecule has 2 aromatic rings. The number of likely N-dealkylation sites (N-methyl/N-ethyl adjacent to an activating group) is 1. The average Bonchev–Trinajstić information content (AvgIpc) is 2.43. The van der Waals surface area contributed by atoms with Crippen LogP contribution in [0.15, 0.2) is 42.5 Å². The van der Waals surface area contributed by atoms with Crippen molar-refractivity contribution in [1.29, 1.82) is 0 Å². The first kappa shape index (κ1) is 14.0. The van der Waals surface area contributed by atoms with Crippen molar-refractivity contribution in [3.05, 3.63) is 48.0 Å². The minimum Gasteiger partial charge on any atom is -0.379 e. The van der Waals surface area contributed by atoms with Gasteiger partial charge in [0.1, 0.15) is 0 Å². The summed E-state index contributed by atoms with van der Waals surface area (Å²) in [4.78, 5) is 0. The molecule has 2 heteroatoms. The van der Waals surface area contributed by atoms with Crippen LogP contribution in [0.2, 0.25) is 0 Å². The van der Waals surface area contributed by atoms with Crippen LogP contribution in [-0.2, 0) is 4.74 Å². The maximum absolute atomic E-state index is 5.79. The van der Waals surface area contributed by atoms with Crippen molar-refractivity contribution in [3.63, 3.8) is 0 Å². The number of benzene rings is 2. The third-order valence-corrected chi connectivity index (χ3v) is 3.28. The van der Waals surface area contributed by atoms with Gasteiger partial charge in [-0.1, -0.05) is 56.3 Å². The zero-order chi connectivity index (χ0) is 13.7. The molecule has 0 saturated carbocycles. The molecule has 0 bridgehead atoms. The molecule has 2 aromatic carbocycles. The molecule has 0 heterocycles. The van der Waals surface area contributed by atoms with Crippen molar-refractivity contribution in [3.8, 4) is 0 Å². The van der Waals surface area contributed by atoms with Crippen LogP contribution < -0.4 is 5.32 Å². The molecule has 1 unspecified atom stereocenters. The van der Waals surface area contributed by atoms with E-state index >= 15 is 0 Å². The lowest BCUT2D eigenvalue weighted by molar-refractivity contribution is 0.0922. The molecule has 19 heavy (non-hydrogen) atoms. The quantitative estimate of drug-likeness (QED) is 0.850. The van der Waals surface area contributed by atoms with Crippen LogP contribution in [0, 0.1) is 5.92 Å². The fraction of sp³-hybridized carbons (Fsp3) is 0.412. The van der Waals surface area contributed by atoms with E-state index in [0.717, 1.165) is 6.61 Å². The van der Waals surface area contributed by atoms with Crippen LogP contribution in [0.25, 0.3) is 10.8 Å². The minimum atomic E-state index is 0.241. The fourth-order valence-electron chi connectivity index (χ4n) is 2.30. The summed E-state index contributed by atoms with van der Waals surface area (Å²) < 4.78 is 5.79. The highest BCUT2D eigenvalue weighted by atomic mass is 16.5. The van der Waals surface area contributed by atoms with Gasteiger partial charge >= 0.3 is 0 Å². The fourth-order valence-corrected chi connectivity index (χ4v) is 2.30. The van der Waals surface area contributed by atoms with Crippen LogP contribution in [0.5, 0.6) is 0 Å². The molecule has 1 N–H and O–H groups in total. The van der Waals surface area contributed by atoms with Gasteiger partial charge in [0.15, 0.2) is 0 Å². The Morgan fingerprint density at radius 1 is 1.00 bits per heavy atom. The second kappa shape index (κ2) is 6.69. The molecule has 0 aliphatic rings. The number of hydrogen-bond donors (Lipinski definition) is 1. The van der Waals surface area contributed by atoms with E-state index in [0.29, 0.717) is 12.5 Å². The van der Waals surface area contributed by atoms with Crippen molar-refractivity contribution in [2.75, 3.05) is 20.3 Å². The Kier molecular flexibility index (Phi) is 4.94. The Labute approximate surface area is 115 Å². The molecule has 0 amide bonds. The standard InChI is InChI=1S/C17H23NO/c1-13(2)11-19-12-17(18-3)16-10-6-8-14-7-4-5-9-15(14)16/h4-10,13,17-18H,11-12H2,1-3H3. The third kappa shape index (κ3) is 3.55. The van der Waals surface area contributed by atoms with E-state index in [-0.39, 0.29) is 6.04 Å². The van der Waals surface area contributed by atoms with E-state index in [1.54, 1.807) is 0 Å². The molecule has 102 valence electrons. The Hall–Kier alpha value is -1.38. The van der Waals surface area contributed by atoms with Gasteiger partial charge in [-0.2, -0.15) is 0 Å². The molecule has 0 fully saturated rings. The summed E-state index contributed by atoms with van der Waals surface area (Å²) in [7, 11) is 1.99. The zero-order valence-corrected chi connectivity index (χ0v) is 12.0. The third-order valence-electron chi connectivity index (χ3n) is 3.28. The van der Waals surface area contributed by atoms with Crippen LogP contribution >= 0.6 is 0 Å². The van der Waals surface area contributed by atoms with E-state index in [1.165, 1.54) is 16.3 Å². The molecule has 0 aliphatic carbocycles.